The summed E-state index contributed by atoms with van der Waals surface area (Å²) in [7, 11) is 0. The third kappa shape index (κ3) is 5.39. The fourth-order valence-electron chi connectivity index (χ4n) is 1.39. The minimum Gasteiger partial charge on any atom is -0.277 e. The minimum atomic E-state index is -0.678. The molecule has 3 nitrogen and oxygen atoms in total. The third-order valence-electron chi connectivity index (χ3n) is 2.46. The summed E-state index contributed by atoms with van der Waals surface area (Å²) in [5, 5.41) is 8.64. The lowest BCUT2D eigenvalue weighted by atomic mass is 10.1. The number of benzene rings is 2. The van der Waals surface area contributed by atoms with Gasteiger partial charge in [0.1, 0.15) is 6.07 Å². The molecule has 0 unspecified atom stereocenters. The number of rotatable bonds is 2. The van der Waals surface area contributed by atoms with E-state index < -0.39 is 11.0 Å². The minimum absolute atomic E-state index is 0.130. The Hall–Kier alpha value is -1.28. The lowest BCUT2D eigenvalue weighted by molar-refractivity contribution is 0.105. The second-order valence-electron chi connectivity index (χ2n) is 3.92. The molecule has 0 saturated heterocycles. The molecule has 0 aliphatic carbocycles. The number of nitrogens with zero attached hydrogens (tertiary/aromatic N) is 1. The molecule has 118 valence electrons. The normalized spacial score (nSPS) is 9.39. The van der Waals surface area contributed by atoms with Gasteiger partial charge in [0.15, 0.2) is 0 Å². The fourth-order valence-corrected chi connectivity index (χ4v) is 2.37. The molecule has 0 saturated carbocycles. The molecular formula is C15H6Cl5NO2. The van der Waals surface area contributed by atoms with E-state index in [-0.39, 0.29) is 26.2 Å². The lowest BCUT2D eigenvalue weighted by Crippen LogP contribution is -1.95. The van der Waals surface area contributed by atoms with Crippen LogP contribution >= 0.6 is 58.0 Å². The van der Waals surface area contributed by atoms with Gasteiger partial charge in [-0.2, -0.15) is 5.26 Å². The summed E-state index contributed by atoms with van der Waals surface area (Å²) in [4.78, 5) is 21.5. The van der Waals surface area contributed by atoms with Crippen LogP contribution in [0, 0.1) is 11.3 Å². The van der Waals surface area contributed by atoms with Crippen LogP contribution in [-0.2, 0) is 0 Å². The maximum Gasteiger partial charge on any atom is 0.263 e. The average molecular weight is 409 g/mol. The van der Waals surface area contributed by atoms with Crippen LogP contribution in [0.1, 0.15) is 20.7 Å². The molecule has 0 N–H and O–H groups in total. The van der Waals surface area contributed by atoms with Crippen LogP contribution in [0.15, 0.2) is 36.4 Å². The first kappa shape index (κ1) is 19.8. The van der Waals surface area contributed by atoms with Crippen LogP contribution in [-0.4, -0.2) is 11.0 Å². The number of halogens is 5. The number of nitriles is 1. The van der Waals surface area contributed by atoms with Gasteiger partial charge < -0.3 is 0 Å². The van der Waals surface area contributed by atoms with Crippen LogP contribution in [0.4, 0.5) is 0 Å². The van der Waals surface area contributed by atoms with E-state index in [1.807, 2.05) is 0 Å². The van der Waals surface area contributed by atoms with Crippen molar-refractivity contribution in [1.29, 1.82) is 5.26 Å². The molecule has 0 amide bonds. The molecule has 2 aromatic rings. The van der Waals surface area contributed by atoms with Crippen LogP contribution in [0.25, 0.3) is 0 Å². The van der Waals surface area contributed by atoms with Gasteiger partial charge in [0.2, 0.25) is 0 Å². The van der Waals surface area contributed by atoms with Crippen LogP contribution in [0.2, 0.25) is 20.1 Å². The molecule has 0 bridgehead atoms. The predicted molar refractivity (Wildman–Crippen MR) is 93.1 cm³/mol. The summed E-state index contributed by atoms with van der Waals surface area (Å²) in [5.41, 5.74) is 0.382. The van der Waals surface area contributed by atoms with E-state index >= 15 is 0 Å². The van der Waals surface area contributed by atoms with Gasteiger partial charge in [-0.3, -0.25) is 9.59 Å². The zero-order chi connectivity index (χ0) is 17.6. The molecule has 0 aromatic heterocycles. The van der Waals surface area contributed by atoms with Gasteiger partial charge in [-0.15, -0.1) is 0 Å². The van der Waals surface area contributed by atoms with Crippen molar-refractivity contribution in [3.05, 3.63) is 67.6 Å². The molecule has 0 fully saturated rings. The monoisotopic (exact) mass is 407 g/mol. The largest absolute Gasteiger partial charge is 0.277 e. The third-order valence-corrected chi connectivity index (χ3v) is 4.30. The number of ketones is 1. The smallest absolute Gasteiger partial charge is 0.263 e. The van der Waals surface area contributed by atoms with E-state index in [1.165, 1.54) is 18.2 Å². The predicted octanol–water partition coefficient (Wildman–Crippen LogP) is 6.07. The summed E-state index contributed by atoms with van der Waals surface area (Å²) >= 11 is 27.7. The highest BCUT2D eigenvalue weighted by atomic mass is 35.5. The Labute approximate surface area is 157 Å². The Morgan fingerprint density at radius 2 is 1.26 bits per heavy atom. The number of carbonyl (C=O) groups is 2. The Morgan fingerprint density at radius 1 is 0.826 bits per heavy atom. The summed E-state index contributed by atoms with van der Waals surface area (Å²) in [6.07, 6.45) is 0. The second kappa shape index (κ2) is 9.12. The number of carbonyl (C=O) groups excluding carboxylic acids is 2. The van der Waals surface area contributed by atoms with Gasteiger partial charge >= 0.3 is 0 Å². The van der Waals surface area contributed by atoms with Crippen LogP contribution in [0.3, 0.4) is 0 Å². The highest BCUT2D eigenvalue weighted by Crippen LogP contribution is 2.26. The summed E-state index contributed by atoms with van der Waals surface area (Å²) in [6, 6.07) is 10.8. The quantitative estimate of drug-likeness (QED) is 0.343. The second-order valence-corrected chi connectivity index (χ2v) is 5.83. The first-order valence-electron chi connectivity index (χ1n) is 5.81. The van der Waals surface area contributed by atoms with Crippen molar-refractivity contribution in [3.8, 4) is 6.07 Å². The maximum absolute atomic E-state index is 10.9. The zero-order valence-corrected chi connectivity index (χ0v) is 14.9. The number of hydrogen-bond acceptors (Lipinski definition) is 3. The molecule has 23 heavy (non-hydrogen) atoms. The topological polar surface area (TPSA) is 57.9 Å². The van der Waals surface area contributed by atoms with Gasteiger partial charge in [0, 0.05) is 0 Å². The van der Waals surface area contributed by atoms with Gasteiger partial charge in [0.05, 0.1) is 31.2 Å². The van der Waals surface area contributed by atoms with E-state index in [0.29, 0.717) is 5.02 Å². The molecule has 0 spiro atoms. The standard InChI is InChI=1S/C8H3Cl2NO.C7H3Cl3O/c9-6-3-1-2-5(8(6)10)7(12)4-11;8-5-3-1-2-4(6(5)9)7(10)11/h1-3H;1-3H. The van der Waals surface area contributed by atoms with Crippen molar-refractivity contribution < 1.29 is 9.59 Å². The van der Waals surface area contributed by atoms with E-state index in [1.54, 1.807) is 24.3 Å². The maximum atomic E-state index is 10.9. The Balaban J connectivity index is 0.000000231. The molecular weight excluding hydrogens is 403 g/mol. The molecule has 8 heteroatoms. The number of hydrogen-bond donors (Lipinski definition) is 0. The van der Waals surface area contributed by atoms with Crippen molar-refractivity contribution >= 4 is 69.0 Å². The highest BCUT2D eigenvalue weighted by Gasteiger charge is 2.11. The summed E-state index contributed by atoms with van der Waals surface area (Å²) < 4.78 is 0. The van der Waals surface area contributed by atoms with E-state index in [2.05, 4.69) is 0 Å². The van der Waals surface area contributed by atoms with Crippen molar-refractivity contribution in [2.75, 3.05) is 0 Å². The number of Topliss-reactive ketones (excluding diaryl/α,β-unsaturated/α-hetero) is 1. The molecule has 0 heterocycles. The van der Waals surface area contributed by atoms with E-state index in [4.69, 9.17) is 63.3 Å². The average Bonchev–Trinajstić information content (AvgIpc) is 2.52. The first-order chi connectivity index (χ1) is 10.8. The van der Waals surface area contributed by atoms with Crippen LogP contribution in [0.5, 0.6) is 0 Å². The summed E-state index contributed by atoms with van der Waals surface area (Å²) in [6.45, 7) is 0. The molecule has 2 rings (SSSR count). The Morgan fingerprint density at radius 3 is 1.65 bits per heavy atom. The fraction of sp³-hybridized carbons (Fsp3) is 0. The van der Waals surface area contributed by atoms with E-state index in [9.17, 15) is 9.59 Å². The SMILES string of the molecule is N#CC(=O)c1cccc(Cl)c1Cl.O=C(Cl)c1cccc(Cl)c1Cl. The molecule has 0 radical (unpaired) electrons. The van der Waals surface area contributed by atoms with Gasteiger partial charge in [-0.05, 0) is 35.9 Å². The Bertz CT molecular complexity index is 799. The van der Waals surface area contributed by atoms with Gasteiger partial charge in [-0.25, -0.2) is 0 Å². The molecule has 0 atom stereocenters. The lowest BCUT2D eigenvalue weighted by Gasteiger charge is -1.98. The molecule has 2 aromatic carbocycles. The van der Waals surface area contributed by atoms with Crippen LogP contribution < -0.4 is 0 Å². The Kier molecular flexibility index (Phi) is 7.84. The first-order valence-corrected chi connectivity index (χ1v) is 7.70. The summed E-state index contributed by atoms with van der Waals surface area (Å²) in [5.74, 6) is -0.678. The molecule has 0 aliphatic rings. The van der Waals surface area contributed by atoms with Gasteiger partial charge in [0.25, 0.3) is 11.0 Å². The van der Waals surface area contributed by atoms with Crippen molar-refractivity contribution in [2.45, 2.75) is 0 Å². The highest BCUT2D eigenvalue weighted by molar-refractivity contribution is 6.69. The van der Waals surface area contributed by atoms with E-state index in [0.717, 1.165) is 0 Å². The van der Waals surface area contributed by atoms with Gasteiger partial charge in [-0.1, -0.05) is 58.5 Å². The zero-order valence-electron chi connectivity index (χ0n) is 11.1. The van der Waals surface area contributed by atoms with Crippen molar-refractivity contribution in [2.24, 2.45) is 0 Å². The molecule has 0 aliphatic heterocycles. The van der Waals surface area contributed by atoms with Crippen molar-refractivity contribution in [1.82, 2.24) is 0 Å². The van der Waals surface area contributed by atoms with Crippen molar-refractivity contribution in [3.63, 3.8) is 0 Å².